The van der Waals surface area contributed by atoms with Gasteiger partial charge in [-0.05, 0) is 24.3 Å². The number of nitrogens with zero attached hydrogens (tertiary/aromatic N) is 8. The van der Waals surface area contributed by atoms with Gasteiger partial charge in [0, 0.05) is 18.7 Å². The van der Waals surface area contributed by atoms with E-state index in [1.54, 1.807) is 22.7 Å². The van der Waals surface area contributed by atoms with Crippen molar-refractivity contribution in [3.8, 4) is 22.8 Å². The van der Waals surface area contributed by atoms with E-state index in [1.807, 2.05) is 42.5 Å². The number of fused-ring (bicyclic) bond motifs is 2. The molecule has 5 aromatic rings. The van der Waals surface area contributed by atoms with Crippen molar-refractivity contribution in [3.05, 3.63) is 78.4 Å². The maximum absolute atomic E-state index is 14.3. The topological polar surface area (TPSA) is 77.0 Å². The quantitative estimate of drug-likeness (QED) is 0.453. The zero-order valence-electron chi connectivity index (χ0n) is 16.4. The maximum atomic E-state index is 14.3. The van der Waals surface area contributed by atoms with Gasteiger partial charge in [-0.25, -0.2) is 4.39 Å². The van der Waals surface area contributed by atoms with Crippen LogP contribution in [0.2, 0.25) is 0 Å². The molecule has 9 heteroatoms. The minimum absolute atomic E-state index is 0.358. The fraction of sp³-hybridized carbons (Fsp3) is 0.136. The Bertz CT molecular complexity index is 1390. The maximum Gasteiger partial charge on any atom is 0.188 e. The Morgan fingerprint density at radius 2 is 1.55 bits per heavy atom. The smallest absolute Gasteiger partial charge is 0.188 e. The fourth-order valence-corrected chi connectivity index (χ4v) is 3.91. The Morgan fingerprint density at radius 3 is 2.42 bits per heavy atom. The van der Waals surface area contributed by atoms with Gasteiger partial charge in [-0.2, -0.15) is 4.52 Å². The summed E-state index contributed by atoms with van der Waals surface area (Å²) in [6.07, 6.45) is 0. The minimum atomic E-state index is -0.358. The summed E-state index contributed by atoms with van der Waals surface area (Å²) in [5, 5.41) is 21.8. The molecule has 8 nitrogen and oxygen atoms in total. The number of benzene rings is 2. The molecule has 0 saturated heterocycles. The standard InChI is InChI=1S/C22H17FN8/c23-17-9-5-4-8-16(17)22-27-24-18-10-11-19(28-31(18)22)29-12-13-30-20(14-29)25-26-21(30)15-6-2-1-3-7-15/h1-11H,12-14H2. The van der Waals surface area contributed by atoms with E-state index in [1.165, 1.54) is 6.07 Å². The molecule has 6 rings (SSSR count). The molecule has 0 fully saturated rings. The third kappa shape index (κ3) is 2.93. The molecule has 2 aromatic carbocycles. The first-order chi connectivity index (χ1) is 15.3. The minimum Gasteiger partial charge on any atom is -0.346 e. The van der Waals surface area contributed by atoms with Crippen molar-refractivity contribution >= 4 is 11.5 Å². The van der Waals surface area contributed by atoms with E-state index in [0.29, 0.717) is 23.6 Å². The van der Waals surface area contributed by atoms with E-state index < -0.39 is 0 Å². The van der Waals surface area contributed by atoms with Crippen molar-refractivity contribution in [3.63, 3.8) is 0 Å². The Labute approximate surface area is 176 Å². The van der Waals surface area contributed by atoms with Crippen molar-refractivity contribution in [1.82, 2.24) is 34.6 Å². The highest BCUT2D eigenvalue weighted by Gasteiger charge is 2.23. The van der Waals surface area contributed by atoms with Gasteiger partial charge in [0.05, 0.1) is 12.1 Å². The predicted molar refractivity (Wildman–Crippen MR) is 113 cm³/mol. The van der Waals surface area contributed by atoms with Gasteiger partial charge in [-0.15, -0.1) is 25.5 Å². The first-order valence-corrected chi connectivity index (χ1v) is 9.98. The van der Waals surface area contributed by atoms with Crippen LogP contribution in [0, 0.1) is 5.82 Å². The van der Waals surface area contributed by atoms with E-state index >= 15 is 0 Å². The molecule has 1 aliphatic rings. The van der Waals surface area contributed by atoms with Crippen molar-refractivity contribution in [2.24, 2.45) is 0 Å². The average molecular weight is 412 g/mol. The van der Waals surface area contributed by atoms with E-state index in [2.05, 4.69) is 29.9 Å². The third-order valence-electron chi connectivity index (χ3n) is 5.47. The number of hydrogen-bond donors (Lipinski definition) is 0. The Kier molecular flexibility index (Phi) is 3.98. The Hall–Kier alpha value is -4.14. The van der Waals surface area contributed by atoms with Crippen LogP contribution in [0.1, 0.15) is 5.82 Å². The van der Waals surface area contributed by atoms with E-state index in [0.717, 1.165) is 36.1 Å². The molecule has 3 aromatic heterocycles. The molecule has 0 N–H and O–H groups in total. The summed E-state index contributed by atoms with van der Waals surface area (Å²) in [5.74, 6) is 2.52. The second-order valence-electron chi connectivity index (χ2n) is 7.34. The lowest BCUT2D eigenvalue weighted by Crippen LogP contribution is -2.34. The van der Waals surface area contributed by atoms with Crippen LogP contribution >= 0.6 is 0 Å². The highest BCUT2D eigenvalue weighted by molar-refractivity contribution is 5.60. The van der Waals surface area contributed by atoms with Crippen molar-refractivity contribution < 1.29 is 4.39 Å². The molecule has 0 bridgehead atoms. The van der Waals surface area contributed by atoms with Crippen LogP contribution in [0.15, 0.2) is 66.7 Å². The lowest BCUT2D eigenvalue weighted by Gasteiger charge is -2.28. The molecule has 4 heterocycles. The number of rotatable bonds is 3. The SMILES string of the molecule is Fc1ccccc1-c1nnc2ccc(N3CCn4c(nnc4-c4ccccc4)C3)nn12. The zero-order chi connectivity index (χ0) is 20.8. The molecule has 0 aliphatic carbocycles. The summed E-state index contributed by atoms with van der Waals surface area (Å²) >= 11 is 0. The highest BCUT2D eigenvalue weighted by atomic mass is 19.1. The van der Waals surface area contributed by atoms with E-state index in [9.17, 15) is 4.39 Å². The number of hydrogen-bond acceptors (Lipinski definition) is 6. The van der Waals surface area contributed by atoms with Gasteiger partial charge >= 0.3 is 0 Å². The molecule has 152 valence electrons. The van der Waals surface area contributed by atoms with Gasteiger partial charge < -0.3 is 9.47 Å². The summed E-state index contributed by atoms with van der Waals surface area (Å²) in [6.45, 7) is 2.07. The Morgan fingerprint density at radius 1 is 0.742 bits per heavy atom. The van der Waals surface area contributed by atoms with Gasteiger partial charge in [-0.1, -0.05) is 42.5 Å². The van der Waals surface area contributed by atoms with E-state index in [4.69, 9.17) is 5.10 Å². The molecule has 1 aliphatic heterocycles. The normalized spacial score (nSPS) is 13.5. The number of anilines is 1. The third-order valence-corrected chi connectivity index (χ3v) is 5.47. The molecule has 0 saturated carbocycles. The van der Waals surface area contributed by atoms with Crippen LogP contribution in [0.3, 0.4) is 0 Å². The van der Waals surface area contributed by atoms with Crippen LogP contribution < -0.4 is 4.90 Å². The van der Waals surface area contributed by atoms with E-state index in [-0.39, 0.29) is 5.82 Å². The summed E-state index contributed by atoms with van der Waals surface area (Å²) in [6, 6.07) is 20.3. The number of aromatic nitrogens is 7. The van der Waals surface area contributed by atoms with Crippen LogP contribution in [0.4, 0.5) is 10.2 Å². The van der Waals surface area contributed by atoms with Gasteiger partial charge in [0.15, 0.2) is 23.1 Å². The van der Waals surface area contributed by atoms with Gasteiger partial charge in [-0.3, -0.25) is 0 Å². The summed E-state index contributed by atoms with van der Waals surface area (Å²) in [5.41, 5.74) is 1.98. The average Bonchev–Trinajstić information content (AvgIpc) is 3.43. The fourth-order valence-electron chi connectivity index (χ4n) is 3.91. The molecule has 31 heavy (non-hydrogen) atoms. The van der Waals surface area contributed by atoms with Crippen LogP contribution in [0.5, 0.6) is 0 Å². The first kappa shape index (κ1) is 17.7. The van der Waals surface area contributed by atoms with Crippen LogP contribution in [-0.2, 0) is 13.1 Å². The molecular formula is C22H17FN8. The summed E-state index contributed by atoms with van der Waals surface area (Å²) < 4.78 is 18.0. The van der Waals surface area contributed by atoms with Crippen LogP contribution in [-0.4, -0.2) is 41.1 Å². The molecule has 0 atom stereocenters. The second kappa shape index (κ2) is 6.98. The second-order valence-corrected chi connectivity index (χ2v) is 7.34. The van der Waals surface area contributed by atoms with Crippen molar-refractivity contribution in [2.75, 3.05) is 11.4 Å². The molecule has 0 spiro atoms. The summed E-state index contributed by atoms with van der Waals surface area (Å²) in [4.78, 5) is 2.13. The lowest BCUT2D eigenvalue weighted by atomic mass is 10.2. The van der Waals surface area contributed by atoms with Crippen molar-refractivity contribution in [2.45, 2.75) is 13.1 Å². The lowest BCUT2D eigenvalue weighted by molar-refractivity contribution is 0.557. The van der Waals surface area contributed by atoms with Gasteiger partial charge in [0.2, 0.25) is 0 Å². The monoisotopic (exact) mass is 412 g/mol. The predicted octanol–water partition coefficient (Wildman–Crippen LogP) is 3.21. The van der Waals surface area contributed by atoms with Crippen LogP contribution in [0.25, 0.3) is 28.4 Å². The highest BCUT2D eigenvalue weighted by Crippen LogP contribution is 2.26. The summed E-state index contributed by atoms with van der Waals surface area (Å²) in [7, 11) is 0. The molecule has 0 unspecified atom stereocenters. The number of halogens is 1. The zero-order valence-corrected chi connectivity index (χ0v) is 16.4. The largest absolute Gasteiger partial charge is 0.346 e. The first-order valence-electron chi connectivity index (χ1n) is 9.98. The molecule has 0 radical (unpaired) electrons. The van der Waals surface area contributed by atoms with Gasteiger partial charge in [0.1, 0.15) is 11.6 Å². The van der Waals surface area contributed by atoms with Crippen molar-refractivity contribution in [1.29, 1.82) is 0 Å². The Balaban J connectivity index is 1.35. The van der Waals surface area contributed by atoms with Gasteiger partial charge in [0.25, 0.3) is 0 Å². The molecule has 0 amide bonds. The molecular weight excluding hydrogens is 395 g/mol.